The molecule has 6 heteroatoms. The standard InChI is InChI=1S/C9H9F3N2O/c1-6(13)14-7-4-2-3-5-8(7)15-9(10,11)12/h2-5H,1H3,(H2,13,14). The molecule has 0 amide bonds. The number of amidine groups is 1. The molecule has 3 nitrogen and oxygen atoms in total. The Labute approximate surface area is 84.4 Å². The maximum atomic E-state index is 12.0. The molecule has 0 unspecified atom stereocenters. The van der Waals surface area contributed by atoms with Gasteiger partial charge in [-0.05, 0) is 19.1 Å². The number of benzene rings is 1. The van der Waals surface area contributed by atoms with E-state index in [1.165, 1.54) is 25.1 Å². The van der Waals surface area contributed by atoms with Crippen LogP contribution in [-0.2, 0) is 0 Å². The molecule has 0 fully saturated rings. The van der Waals surface area contributed by atoms with E-state index in [1.54, 1.807) is 6.07 Å². The lowest BCUT2D eigenvalue weighted by Gasteiger charge is -2.10. The summed E-state index contributed by atoms with van der Waals surface area (Å²) in [6, 6.07) is 5.53. The van der Waals surface area contributed by atoms with Crippen LogP contribution in [0.4, 0.5) is 18.9 Å². The van der Waals surface area contributed by atoms with Gasteiger partial charge < -0.3 is 10.5 Å². The molecule has 1 rings (SSSR count). The summed E-state index contributed by atoms with van der Waals surface area (Å²) in [6.07, 6.45) is -4.73. The number of para-hydroxylation sites is 2. The molecule has 0 radical (unpaired) electrons. The molecule has 0 bridgehead atoms. The van der Waals surface area contributed by atoms with Crippen molar-refractivity contribution in [1.29, 1.82) is 0 Å². The van der Waals surface area contributed by atoms with Crippen LogP contribution in [0.25, 0.3) is 0 Å². The SMILES string of the molecule is CC(N)=Nc1ccccc1OC(F)(F)F. The van der Waals surface area contributed by atoms with Crippen molar-refractivity contribution in [1.82, 2.24) is 0 Å². The summed E-state index contributed by atoms with van der Waals surface area (Å²) in [5.41, 5.74) is 5.32. The Kier molecular flexibility index (Phi) is 3.18. The first-order valence-electron chi connectivity index (χ1n) is 4.04. The molecule has 0 aliphatic heterocycles. The van der Waals surface area contributed by atoms with E-state index in [-0.39, 0.29) is 17.3 Å². The smallest absolute Gasteiger partial charge is 0.403 e. The van der Waals surface area contributed by atoms with E-state index in [2.05, 4.69) is 9.73 Å². The first-order valence-corrected chi connectivity index (χ1v) is 4.04. The second-order valence-electron chi connectivity index (χ2n) is 2.77. The third-order valence-corrected chi connectivity index (χ3v) is 1.39. The summed E-state index contributed by atoms with van der Waals surface area (Å²) >= 11 is 0. The fourth-order valence-electron chi connectivity index (χ4n) is 0.951. The predicted octanol–water partition coefficient (Wildman–Crippen LogP) is 2.59. The van der Waals surface area contributed by atoms with Gasteiger partial charge in [-0.1, -0.05) is 12.1 Å². The Morgan fingerprint density at radius 2 is 1.93 bits per heavy atom. The minimum Gasteiger partial charge on any atom is -0.403 e. The quantitative estimate of drug-likeness (QED) is 0.612. The predicted molar refractivity (Wildman–Crippen MR) is 50.1 cm³/mol. The Bertz CT molecular complexity index is 370. The Balaban J connectivity index is 3.02. The molecule has 1 aromatic carbocycles. The Hall–Kier alpha value is -1.72. The molecule has 0 aliphatic rings. The molecule has 82 valence electrons. The lowest BCUT2D eigenvalue weighted by atomic mass is 10.3. The molecule has 0 heterocycles. The summed E-state index contributed by atoms with van der Waals surface area (Å²) in [7, 11) is 0. The number of aliphatic imine (C=N–C) groups is 1. The van der Waals surface area contributed by atoms with Crippen molar-refractivity contribution in [2.24, 2.45) is 10.7 Å². The minimum atomic E-state index is -4.73. The van der Waals surface area contributed by atoms with E-state index in [1.807, 2.05) is 0 Å². The van der Waals surface area contributed by atoms with Crippen molar-refractivity contribution in [3.63, 3.8) is 0 Å². The lowest BCUT2D eigenvalue weighted by molar-refractivity contribution is -0.274. The highest BCUT2D eigenvalue weighted by atomic mass is 19.4. The van der Waals surface area contributed by atoms with Gasteiger partial charge in [-0.25, -0.2) is 4.99 Å². The maximum absolute atomic E-state index is 12.0. The third-order valence-electron chi connectivity index (χ3n) is 1.39. The summed E-state index contributed by atoms with van der Waals surface area (Å²) in [5.74, 6) is -0.206. The van der Waals surface area contributed by atoms with Crippen LogP contribution in [0.15, 0.2) is 29.3 Å². The monoisotopic (exact) mass is 218 g/mol. The molecule has 1 aromatic rings. The van der Waals surface area contributed by atoms with Gasteiger partial charge in [-0.2, -0.15) is 0 Å². The zero-order valence-corrected chi connectivity index (χ0v) is 7.88. The van der Waals surface area contributed by atoms with E-state index >= 15 is 0 Å². The average molecular weight is 218 g/mol. The summed E-state index contributed by atoms with van der Waals surface area (Å²) in [4.78, 5) is 3.71. The molecule has 0 saturated carbocycles. The minimum absolute atomic E-state index is 0.0508. The molecule has 0 spiro atoms. The van der Waals surface area contributed by atoms with Gasteiger partial charge >= 0.3 is 6.36 Å². The normalized spacial score (nSPS) is 12.7. The Morgan fingerprint density at radius 1 is 1.33 bits per heavy atom. The zero-order valence-electron chi connectivity index (χ0n) is 7.88. The molecule has 15 heavy (non-hydrogen) atoms. The molecule has 0 aromatic heterocycles. The summed E-state index contributed by atoms with van der Waals surface area (Å²) < 4.78 is 39.6. The van der Waals surface area contributed by atoms with Crippen LogP contribution in [-0.4, -0.2) is 12.2 Å². The number of alkyl halides is 3. The maximum Gasteiger partial charge on any atom is 0.573 e. The first kappa shape index (κ1) is 11.4. The Morgan fingerprint density at radius 3 is 2.47 bits per heavy atom. The van der Waals surface area contributed by atoms with Crippen LogP contribution in [0.3, 0.4) is 0 Å². The molecule has 0 saturated heterocycles. The average Bonchev–Trinajstić information content (AvgIpc) is 2.05. The van der Waals surface area contributed by atoms with E-state index in [9.17, 15) is 13.2 Å². The van der Waals surface area contributed by atoms with Gasteiger partial charge in [0, 0.05) is 0 Å². The lowest BCUT2D eigenvalue weighted by Crippen LogP contribution is -2.17. The zero-order chi connectivity index (χ0) is 11.5. The number of nitrogens with two attached hydrogens (primary N) is 1. The highest BCUT2D eigenvalue weighted by molar-refractivity contribution is 5.81. The van der Waals surface area contributed by atoms with Crippen molar-refractivity contribution < 1.29 is 17.9 Å². The number of rotatable bonds is 2. The molecule has 0 atom stereocenters. The van der Waals surface area contributed by atoms with Gasteiger partial charge in [0.1, 0.15) is 5.69 Å². The van der Waals surface area contributed by atoms with E-state index in [0.29, 0.717) is 0 Å². The van der Waals surface area contributed by atoms with Crippen molar-refractivity contribution in [3.05, 3.63) is 24.3 Å². The van der Waals surface area contributed by atoms with Crippen LogP contribution in [0.2, 0.25) is 0 Å². The number of hydrogen-bond acceptors (Lipinski definition) is 2. The molecular formula is C9H9F3N2O. The fraction of sp³-hybridized carbons (Fsp3) is 0.222. The van der Waals surface area contributed by atoms with Crippen LogP contribution in [0, 0.1) is 0 Å². The van der Waals surface area contributed by atoms with Gasteiger partial charge in [0.15, 0.2) is 5.75 Å². The second kappa shape index (κ2) is 4.20. The van der Waals surface area contributed by atoms with Crippen molar-refractivity contribution in [3.8, 4) is 5.75 Å². The van der Waals surface area contributed by atoms with Crippen molar-refractivity contribution >= 4 is 11.5 Å². The number of nitrogens with zero attached hydrogens (tertiary/aromatic N) is 1. The molecular weight excluding hydrogens is 209 g/mol. The molecule has 2 N–H and O–H groups in total. The van der Waals surface area contributed by atoms with Gasteiger partial charge in [0.05, 0.1) is 5.84 Å². The highest BCUT2D eigenvalue weighted by Crippen LogP contribution is 2.31. The molecule has 0 aliphatic carbocycles. The van der Waals surface area contributed by atoms with Crippen molar-refractivity contribution in [2.75, 3.05) is 0 Å². The van der Waals surface area contributed by atoms with Crippen LogP contribution >= 0.6 is 0 Å². The summed E-state index contributed by atoms with van der Waals surface area (Å²) in [6.45, 7) is 1.48. The van der Waals surface area contributed by atoms with Crippen LogP contribution < -0.4 is 10.5 Å². The topological polar surface area (TPSA) is 47.6 Å². The van der Waals surface area contributed by atoms with Gasteiger partial charge in [0.25, 0.3) is 0 Å². The number of hydrogen-bond donors (Lipinski definition) is 1. The second-order valence-corrected chi connectivity index (χ2v) is 2.77. The largest absolute Gasteiger partial charge is 0.573 e. The number of halogens is 3. The van der Waals surface area contributed by atoms with Gasteiger partial charge in [0.2, 0.25) is 0 Å². The van der Waals surface area contributed by atoms with Gasteiger partial charge in [-0.15, -0.1) is 13.2 Å². The van der Waals surface area contributed by atoms with Crippen LogP contribution in [0.1, 0.15) is 6.92 Å². The van der Waals surface area contributed by atoms with Crippen LogP contribution in [0.5, 0.6) is 5.75 Å². The number of ether oxygens (including phenoxy) is 1. The van der Waals surface area contributed by atoms with E-state index in [4.69, 9.17) is 5.73 Å². The first-order chi connectivity index (χ1) is 6.88. The summed E-state index contributed by atoms with van der Waals surface area (Å²) in [5, 5.41) is 0. The van der Waals surface area contributed by atoms with E-state index < -0.39 is 6.36 Å². The van der Waals surface area contributed by atoms with E-state index in [0.717, 1.165) is 0 Å². The van der Waals surface area contributed by atoms with Crippen molar-refractivity contribution in [2.45, 2.75) is 13.3 Å². The highest BCUT2D eigenvalue weighted by Gasteiger charge is 2.32. The van der Waals surface area contributed by atoms with Gasteiger partial charge in [-0.3, -0.25) is 0 Å². The fourth-order valence-corrected chi connectivity index (χ4v) is 0.951. The third kappa shape index (κ3) is 3.88.